The number of furan rings is 1. The molecule has 6 rings (SSSR count). The fourth-order valence-corrected chi connectivity index (χ4v) is 5.07. The summed E-state index contributed by atoms with van der Waals surface area (Å²) in [5.41, 5.74) is 7.17. The molecular weight excluding hydrogens is 554 g/mol. The van der Waals surface area contributed by atoms with Gasteiger partial charge >= 0.3 is 0 Å². The van der Waals surface area contributed by atoms with Crippen molar-refractivity contribution >= 4 is 34.2 Å². The summed E-state index contributed by atoms with van der Waals surface area (Å²) in [7, 11) is 1.65. The first-order chi connectivity index (χ1) is 20.8. The summed E-state index contributed by atoms with van der Waals surface area (Å²) in [6.45, 7) is 8.42. The minimum Gasteiger partial charge on any atom is -0.491 e. The molecule has 14 nitrogen and oxygen atoms in total. The van der Waals surface area contributed by atoms with Crippen molar-refractivity contribution < 1.29 is 23.4 Å². The van der Waals surface area contributed by atoms with Crippen LogP contribution in [0.2, 0.25) is 0 Å². The molecule has 0 radical (unpaired) electrons. The van der Waals surface area contributed by atoms with Crippen LogP contribution >= 0.6 is 0 Å². The van der Waals surface area contributed by atoms with E-state index in [-0.39, 0.29) is 11.9 Å². The number of piperazine rings is 1. The summed E-state index contributed by atoms with van der Waals surface area (Å²) >= 11 is 0. The number of rotatable bonds is 11. The number of nitrogen functional groups attached to an aromatic ring is 1. The van der Waals surface area contributed by atoms with Gasteiger partial charge in [-0.1, -0.05) is 0 Å². The molecule has 4 aromatic heterocycles. The van der Waals surface area contributed by atoms with E-state index in [1.807, 2.05) is 43.0 Å². The number of nitrogens with zero attached hydrogens (tertiary/aromatic N) is 8. The Hall–Kier alpha value is -4.69. The van der Waals surface area contributed by atoms with E-state index >= 15 is 0 Å². The Morgan fingerprint density at radius 2 is 1.77 bits per heavy atom. The lowest BCUT2D eigenvalue weighted by Crippen LogP contribution is -2.54. The molecule has 2 N–H and O–H groups in total. The monoisotopic (exact) mass is 589 g/mol. The highest BCUT2D eigenvalue weighted by Crippen LogP contribution is 2.27. The summed E-state index contributed by atoms with van der Waals surface area (Å²) in [6.07, 6.45) is 3.33. The zero-order valence-corrected chi connectivity index (χ0v) is 24.5. The molecule has 1 saturated heterocycles. The number of carbonyl (C=O) groups is 1. The third-order valence-electron chi connectivity index (χ3n) is 7.51. The molecule has 226 valence electrons. The molecule has 1 aliphatic heterocycles. The first-order valence-electron chi connectivity index (χ1n) is 14.1. The van der Waals surface area contributed by atoms with Crippen molar-refractivity contribution in [1.29, 1.82) is 0 Å². The van der Waals surface area contributed by atoms with E-state index in [1.54, 1.807) is 36.4 Å². The molecule has 0 aliphatic carbocycles. The first kappa shape index (κ1) is 28.4. The van der Waals surface area contributed by atoms with Crippen molar-refractivity contribution in [1.82, 2.24) is 34.3 Å². The zero-order chi connectivity index (χ0) is 30.0. The van der Waals surface area contributed by atoms with E-state index in [9.17, 15) is 4.79 Å². The minimum absolute atomic E-state index is 0.0295. The highest BCUT2D eigenvalue weighted by atomic mass is 16.5. The largest absolute Gasteiger partial charge is 0.491 e. The van der Waals surface area contributed by atoms with E-state index in [1.165, 1.54) is 4.52 Å². The molecule has 0 bridgehead atoms. The van der Waals surface area contributed by atoms with Gasteiger partial charge in [0.1, 0.15) is 17.9 Å². The SMILES string of the molecule is COCCOCCOc1ccc(N2CCN(C(=O)C(C)(C)n3cc4c(nc(N)n5nc(-c6ccco6)nc45)n3)CC2)cc1. The maximum Gasteiger partial charge on any atom is 0.250 e. The predicted molar refractivity (Wildman–Crippen MR) is 159 cm³/mol. The van der Waals surface area contributed by atoms with Gasteiger partial charge in [0.25, 0.3) is 0 Å². The quantitative estimate of drug-likeness (QED) is 0.226. The number of anilines is 2. The maximum atomic E-state index is 13.8. The molecule has 1 fully saturated rings. The van der Waals surface area contributed by atoms with Crippen LogP contribution in [-0.2, 0) is 19.8 Å². The van der Waals surface area contributed by atoms with Gasteiger partial charge in [0.15, 0.2) is 17.1 Å². The maximum absolute atomic E-state index is 13.8. The Morgan fingerprint density at radius 3 is 2.49 bits per heavy atom. The lowest BCUT2D eigenvalue weighted by Gasteiger charge is -2.39. The average molecular weight is 590 g/mol. The Bertz CT molecular complexity index is 1690. The van der Waals surface area contributed by atoms with E-state index in [4.69, 9.17) is 24.4 Å². The molecule has 1 aliphatic rings. The van der Waals surface area contributed by atoms with Crippen molar-refractivity contribution in [3.63, 3.8) is 0 Å². The van der Waals surface area contributed by atoms with Gasteiger partial charge < -0.3 is 34.2 Å². The standard InChI is InChI=1S/C29H35N9O5/c1-29(2,37-19-22-24(33-37)32-28(30)38-26(22)31-25(34-38)23-5-4-14-43-23)27(39)36-12-10-35(11-13-36)20-6-8-21(9-7-20)42-18-17-41-16-15-40-3/h4-9,14,19H,10-13,15-18H2,1-3H3,(H2,30,32,33). The second-order valence-electron chi connectivity index (χ2n) is 10.7. The van der Waals surface area contributed by atoms with Gasteiger partial charge in [-0.05, 0) is 50.2 Å². The fourth-order valence-electron chi connectivity index (χ4n) is 5.07. The van der Waals surface area contributed by atoms with Gasteiger partial charge in [-0.25, -0.2) is 4.98 Å². The molecule has 0 unspecified atom stereocenters. The van der Waals surface area contributed by atoms with Crippen LogP contribution in [0.1, 0.15) is 13.8 Å². The van der Waals surface area contributed by atoms with Gasteiger partial charge in [0.05, 0.1) is 31.5 Å². The second-order valence-corrected chi connectivity index (χ2v) is 10.7. The van der Waals surface area contributed by atoms with Crippen LogP contribution in [0, 0.1) is 0 Å². The van der Waals surface area contributed by atoms with Crippen LogP contribution < -0.4 is 15.4 Å². The summed E-state index contributed by atoms with van der Waals surface area (Å²) in [5.74, 6) is 1.81. The molecule has 1 aromatic carbocycles. The Balaban J connectivity index is 1.10. The number of ether oxygens (including phenoxy) is 3. The normalized spacial score (nSPS) is 14.2. The van der Waals surface area contributed by atoms with E-state index in [2.05, 4.69) is 25.1 Å². The van der Waals surface area contributed by atoms with Gasteiger partial charge in [-0.15, -0.1) is 5.10 Å². The van der Waals surface area contributed by atoms with E-state index < -0.39 is 5.54 Å². The predicted octanol–water partition coefficient (Wildman–Crippen LogP) is 2.44. The number of benzene rings is 1. The van der Waals surface area contributed by atoms with Crippen LogP contribution in [0.15, 0.2) is 53.3 Å². The second kappa shape index (κ2) is 11.9. The summed E-state index contributed by atoms with van der Waals surface area (Å²) in [5, 5.41) is 9.71. The number of hydrogen-bond acceptors (Lipinski definition) is 11. The average Bonchev–Trinajstić information content (AvgIpc) is 3.79. The van der Waals surface area contributed by atoms with Crippen LogP contribution in [0.3, 0.4) is 0 Å². The fraction of sp³-hybridized carbons (Fsp3) is 0.414. The van der Waals surface area contributed by atoms with Gasteiger partial charge in [-0.2, -0.15) is 14.6 Å². The number of carbonyl (C=O) groups excluding carboxylic acids is 1. The first-order valence-corrected chi connectivity index (χ1v) is 14.1. The van der Waals surface area contributed by atoms with Crippen molar-refractivity contribution in [2.24, 2.45) is 0 Å². The Morgan fingerprint density at radius 1 is 1.00 bits per heavy atom. The van der Waals surface area contributed by atoms with Gasteiger partial charge in [-0.3, -0.25) is 9.48 Å². The van der Waals surface area contributed by atoms with Crippen LogP contribution in [0.25, 0.3) is 28.3 Å². The molecule has 0 atom stereocenters. The third-order valence-corrected chi connectivity index (χ3v) is 7.51. The highest BCUT2D eigenvalue weighted by Gasteiger charge is 2.37. The van der Waals surface area contributed by atoms with Gasteiger partial charge in [0.2, 0.25) is 17.7 Å². The topological polar surface area (TPSA) is 151 Å². The number of amides is 1. The number of hydrogen-bond donors (Lipinski definition) is 1. The van der Waals surface area contributed by atoms with Crippen LogP contribution in [-0.4, -0.2) is 99.9 Å². The lowest BCUT2D eigenvalue weighted by molar-refractivity contribution is -0.140. The minimum atomic E-state index is -0.968. The van der Waals surface area contributed by atoms with E-state index in [0.717, 1.165) is 11.4 Å². The van der Waals surface area contributed by atoms with Crippen molar-refractivity contribution in [3.8, 4) is 17.3 Å². The molecule has 5 aromatic rings. The van der Waals surface area contributed by atoms with Crippen molar-refractivity contribution in [2.45, 2.75) is 19.4 Å². The summed E-state index contributed by atoms with van der Waals surface area (Å²) < 4.78 is 24.7. The smallest absolute Gasteiger partial charge is 0.250 e. The molecule has 14 heteroatoms. The molecule has 5 heterocycles. The number of methoxy groups -OCH3 is 1. The number of nitrogens with two attached hydrogens (primary N) is 1. The Kier molecular flexibility index (Phi) is 7.86. The molecule has 1 amide bonds. The Labute approximate surface area is 247 Å². The summed E-state index contributed by atoms with van der Waals surface area (Å²) in [6, 6.07) is 11.5. The van der Waals surface area contributed by atoms with Crippen LogP contribution in [0.5, 0.6) is 5.75 Å². The molecule has 43 heavy (non-hydrogen) atoms. The number of fused-ring (bicyclic) bond motifs is 3. The highest BCUT2D eigenvalue weighted by molar-refractivity contribution is 5.91. The van der Waals surface area contributed by atoms with Crippen LogP contribution in [0.4, 0.5) is 11.6 Å². The molecular formula is C29H35N9O5. The van der Waals surface area contributed by atoms with Crippen molar-refractivity contribution in [2.75, 3.05) is 70.3 Å². The number of aromatic nitrogens is 6. The zero-order valence-electron chi connectivity index (χ0n) is 24.5. The molecule has 0 spiro atoms. The lowest BCUT2D eigenvalue weighted by atomic mass is 10.0. The molecule has 0 saturated carbocycles. The van der Waals surface area contributed by atoms with E-state index in [0.29, 0.717) is 80.9 Å². The van der Waals surface area contributed by atoms with Gasteiger partial charge in [0, 0.05) is 45.2 Å². The van der Waals surface area contributed by atoms with Crippen molar-refractivity contribution in [3.05, 3.63) is 48.9 Å². The summed E-state index contributed by atoms with van der Waals surface area (Å²) in [4.78, 5) is 26.9. The third kappa shape index (κ3) is 5.70.